The molecule has 0 spiro atoms. The number of hydrogen-bond donors (Lipinski definition) is 3. The second kappa shape index (κ2) is 11.9. The van der Waals surface area contributed by atoms with E-state index in [1.54, 1.807) is 0 Å². The summed E-state index contributed by atoms with van der Waals surface area (Å²) in [6.07, 6.45) is 6.43. The maximum absolute atomic E-state index is 8.53. The summed E-state index contributed by atoms with van der Waals surface area (Å²) in [5.74, 6) is 0. The molecule has 0 radical (unpaired) electrons. The summed E-state index contributed by atoms with van der Waals surface area (Å²) in [5, 5.41) is 20.4. The van der Waals surface area contributed by atoms with E-state index in [0.29, 0.717) is 13.2 Å². The molecule has 0 amide bonds. The highest BCUT2D eigenvalue weighted by Crippen LogP contribution is 1.97. The van der Waals surface area contributed by atoms with Crippen LogP contribution in [0.15, 0.2) is 0 Å². The summed E-state index contributed by atoms with van der Waals surface area (Å²) in [7, 11) is 0. The Kier molecular flexibility index (Phi) is 11.8. The van der Waals surface area contributed by atoms with Crippen LogP contribution in [0, 0.1) is 0 Å². The van der Waals surface area contributed by atoms with Crippen LogP contribution in [0.3, 0.4) is 0 Å². The van der Waals surface area contributed by atoms with Crippen LogP contribution in [0.2, 0.25) is 0 Å². The van der Waals surface area contributed by atoms with E-state index in [2.05, 4.69) is 5.32 Å². The van der Waals surface area contributed by atoms with Crippen molar-refractivity contribution in [3.8, 4) is 0 Å². The summed E-state index contributed by atoms with van der Waals surface area (Å²) in [6, 6.07) is 0. The van der Waals surface area contributed by atoms with Crippen molar-refractivity contribution in [3.05, 3.63) is 0 Å². The number of rotatable bonds is 10. The van der Waals surface area contributed by atoms with Crippen molar-refractivity contribution < 1.29 is 10.2 Å². The first-order valence-electron chi connectivity index (χ1n) is 5.34. The summed E-state index contributed by atoms with van der Waals surface area (Å²) in [4.78, 5) is 0. The highest BCUT2D eigenvalue weighted by Gasteiger charge is 1.89. The fourth-order valence-corrected chi connectivity index (χ4v) is 1.20. The van der Waals surface area contributed by atoms with E-state index in [1.807, 2.05) is 0 Å². The van der Waals surface area contributed by atoms with E-state index in [9.17, 15) is 0 Å². The second-order valence-corrected chi connectivity index (χ2v) is 3.32. The summed E-state index contributed by atoms with van der Waals surface area (Å²) >= 11 is 0. The molecule has 0 aromatic heterocycles. The van der Waals surface area contributed by atoms with Crippen molar-refractivity contribution in [2.24, 2.45) is 0 Å². The van der Waals surface area contributed by atoms with Crippen molar-refractivity contribution in [2.75, 3.05) is 26.3 Å². The fourth-order valence-electron chi connectivity index (χ4n) is 1.20. The first-order chi connectivity index (χ1) is 6.41. The van der Waals surface area contributed by atoms with Crippen molar-refractivity contribution in [1.82, 2.24) is 5.32 Å². The molecule has 0 fully saturated rings. The van der Waals surface area contributed by atoms with Gasteiger partial charge in [-0.3, -0.25) is 0 Å². The van der Waals surface area contributed by atoms with E-state index in [-0.39, 0.29) is 0 Å². The van der Waals surface area contributed by atoms with Gasteiger partial charge in [-0.2, -0.15) is 0 Å². The summed E-state index contributed by atoms with van der Waals surface area (Å²) in [6.45, 7) is 2.71. The van der Waals surface area contributed by atoms with E-state index in [4.69, 9.17) is 10.2 Å². The zero-order valence-electron chi connectivity index (χ0n) is 8.47. The van der Waals surface area contributed by atoms with Crippen LogP contribution in [-0.2, 0) is 0 Å². The molecule has 0 aromatic carbocycles. The maximum atomic E-state index is 8.53. The van der Waals surface area contributed by atoms with Gasteiger partial charge in [0.15, 0.2) is 0 Å². The average molecular weight is 189 g/mol. The van der Waals surface area contributed by atoms with Crippen molar-refractivity contribution in [2.45, 2.75) is 38.5 Å². The van der Waals surface area contributed by atoms with E-state index in [1.165, 1.54) is 12.8 Å². The molecule has 3 nitrogen and oxygen atoms in total. The first-order valence-corrected chi connectivity index (χ1v) is 5.34. The van der Waals surface area contributed by atoms with Crippen LogP contribution in [0.1, 0.15) is 38.5 Å². The lowest BCUT2D eigenvalue weighted by molar-refractivity contribution is 0.281. The van der Waals surface area contributed by atoms with Gasteiger partial charge >= 0.3 is 0 Å². The molecule has 0 rings (SSSR count). The van der Waals surface area contributed by atoms with Crippen LogP contribution in [0.5, 0.6) is 0 Å². The Morgan fingerprint density at radius 1 is 0.615 bits per heavy atom. The summed E-state index contributed by atoms with van der Waals surface area (Å²) < 4.78 is 0. The van der Waals surface area contributed by atoms with Gasteiger partial charge in [0.1, 0.15) is 0 Å². The van der Waals surface area contributed by atoms with Gasteiger partial charge in [0.2, 0.25) is 0 Å². The molecule has 0 aromatic rings. The van der Waals surface area contributed by atoms with Crippen LogP contribution in [-0.4, -0.2) is 36.5 Å². The van der Waals surface area contributed by atoms with Crippen LogP contribution in [0.4, 0.5) is 0 Å². The van der Waals surface area contributed by atoms with Crippen molar-refractivity contribution >= 4 is 0 Å². The second-order valence-electron chi connectivity index (χ2n) is 3.32. The normalized spacial score (nSPS) is 10.6. The topological polar surface area (TPSA) is 52.5 Å². The minimum Gasteiger partial charge on any atom is -0.396 e. The molecule has 0 saturated heterocycles. The van der Waals surface area contributed by atoms with Gasteiger partial charge in [0.25, 0.3) is 0 Å². The molecule has 13 heavy (non-hydrogen) atoms. The number of aliphatic hydroxyl groups is 2. The average Bonchev–Trinajstić information content (AvgIpc) is 2.16. The van der Waals surface area contributed by atoms with E-state index in [0.717, 1.165) is 38.8 Å². The first kappa shape index (κ1) is 12.9. The summed E-state index contributed by atoms with van der Waals surface area (Å²) in [5.41, 5.74) is 0. The molecule has 0 aliphatic carbocycles. The van der Waals surface area contributed by atoms with Gasteiger partial charge in [-0.05, 0) is 38.8 Å². The fraction of sp³-hybridized carbons (Fsp3) is 1.00. The zero-order valence-corrected chi connectivity index (χ0v) is 8.47. The highest BCUT2D eigenvalue weighted by molar-refractivity contribution is 4.49. The Morgan fingerprint density at radius 2 is 1.08 bits per heavy atom. The largest absolute Gasteiger partial charge is 0.396 e. The van der Waals surface area contributed by atoms with E-state index >= 15 is 0 Å². The quantitative estimate of drug-likeness (QED) is 0.448. The molecule has 3 N–H and O–H groups in total. The van der Waals surface area contributed by atoms with Gasteiger partial charge in [-0.15, -0.1) is 0 Å². The zero-order chi connectivity index (χ0) is 9.78. The van der Waals surface area contributed by atoms with Crippen LogP contribution in [0.25, 0.3) is 0 Å². The number of hydrogen-bond acceptors (Lipinski definition) is 3. The smallest absolute Gasteiger partial charge is 0.0431 e. The Hall–Kier alpha value is -0.120. The standard InChI is InChI=1S/C10H23NO2/c12-9-5-2-1-3-7-11-8-4-6-10-13/h11-13H,1-10H2. The lowest BCUT2D eigenvalue weighted by atomic mass is 10.2. The number of unbranched alkanes of at least 4 members (excludes halogenated alkanes) is 4. The molecular weight excluding hydrogens is 166 g/mol. The predicted octanol–water partition coefficient (Wildman–Crippen LogP) is 0.901. The highest BCUT2D eigenvalue weighted by atomic mass is 16.3. The Bertz CT molecular complexity index is 79.0. The third-order valence-corrected chi connectivity index (χ3v) is 2.02. The van der Waals surface area contributed by atoms with Gasteiger partial charge in [-0.1, -0.05) is 12.8 Å². The van der Waals surface area contributed by atoms with Crippen molar-refractivity contribution in [1.29, 1.82) is 0 Å². The predicted molar refractivity (Wildman–Crippen MR) is 54.7 cm³/mol. The van der Waals surface area contributed by atoms with Gasteiger partial charge in [0.05, 0.1) is 0 Å². The SMILES string of the molecule is OCCCCCCNCCCCO. The van der Waals surface area contributed by atoms with Crippen LogP contribution < -0.4 is 5.32 Å². The van der Waals surface area contributed by atoms with Gasteiger partial charge in [0, 0.05) is 13.2 Å². The van der Waals surface area contributed by atoms with Gasteiger partial charge in [-0.25, -0.2) is 0 Å². The Morgan fingerprint density at radius 3 is 1.69 bits per heavy atom. The van der Waals surface area contributed by atoms with Crippen molar-refractivity contribution in [3.63, 3.8) is 0 Å². The monoisotopic (exact) mass is 189 g/mol. The third kappa shape index (κ3) is 11.9. The molecule has 80 valence electrons. The van der Waals surface area contributed by atoms with Gasteiger partial charge < -0.3 is 15.5 Å². The molecule has 0 unspecified atom stereocenters. The Labute approximate surface area is 81.2 Å². The Balaban J connectivity index is 2.76. The molecule has 0 bridgehead atoms. The molecule has 3 heteroatoms. The lowest BCUT2D eigenvalue weighted by Gasteiger charge is -2.03. The lowest BCUT2D eigenvalue weighted by Crippen LogP contribution is -2.16. The molecule has 0 atom stereocenters. The minimum atomic E-state index is 0.304. The number of nitrogens with one attached hydrogen (secondary N) is 1. The molecule has 0 saturated carbocycles. The molecular formula is C10H23NO2. The van der Waals surface area contributed by atoms with E-state index < -0.39 is 0 Å². The third-order valence-electron chi connectivity index (χ3n) is 2.02. The number of aliphatic hydroxyl groups excluding tert-OH is 2. The maximum Gasteiger partial charge on any atom is 0.0431 e. The van der Waals surface area contributed by atoms with Crippen LogP contribution >= 0.6 is 0 Å². The molecule has 0 heterocycles. The minimum absolute atomic E-state index is 0.304. The molecule has 0 aliphatic heterocycles. The molecule has 0 aliphatic rings.